The van der Waals surface area contributed by atoms with E-state index in [1.165, 1.54) is 12.1 Å². The smallest absolute Gasteiger partial charge is 0.323 e. The van der Waals surface area contributed by atoms with Gasteiger partial charge in [0.1, 0.15) is 11.4 Å². The van der Waals surface area contributed by atoms with Crippen LogP contribution in [0.15, 0.2) is 18.2 Å². The number of aryl methyl sites for hydroxylation is 1. The van der Waals surface area contributed by atoms with Crippen LogP contribution in [0.1, 0.15) is 31.4 Å². The molecule has 0 spiro atoms. The van der Waals surface area contributed by atoms with Crippen LogP contribution < -0.4 is 5.32 Å². The van der Waals surface area contributed by atoms with Gasteiger partial charge < -0.3 is 5.11 Å². The van der Waals surface area contributed by atoms with Gasteiger partial charge in [0.2, 0.25) is 0 Å². The molecule has 2 N–H and O–H groups in total. The molecule has 17 heavy (non-hydrogen) atoms. The summed E-state index contributed by atoms with van der Waals surface area (Å²) in [5.41, 5.74) is 0.787. The average molecular weight is 239 g/mol. The molecule has 0 aliphatic heterocycles. The lowest BCUT2D eigenvalue weighted by atomic mass is 9.98. The van der Waals surface area contributed by atoms with Gasteiger partial charge in [-0.25, -0.2) is 4.39 Å². The Morgan fingerprint density at radius 3 is 2.65 bits per heavy atom. The van der Waals surface area contributed by atoms with E-state index in [0.717, 1.165) is 11.1 Å². The van der Waals surface area contributed by atoms with Crippen LogP contribution in [-0.4, -0.2) is 16.6 Å². The summed E-state index contributed by atoms with van der Waals surface area (Å²) in [5.74, 6) is -1.15. The van der Waals surface area contributed by atoms with Crippen LogP contribution in [0.5, 0.6) is 0 Å². The summed E-state index contributed by atoms with van der Waals surface area (Å²) in [6, 6.07) is 4.50. The zero-order chi connectivity index (χ0) is 13.1. The molecule has 0 fully saturated rings. The number of hydrogen-bond donors (Lipinski definition) is 2. The van der Waals surface area contributed by atoms with Gasteiger partial charge in [-0.05, 0) is 43.5 Å². The van der Waals surface area contributed by atoms with E-state index in [0.29, 0.717) is 13.0 Å². The lowest BCUT2D eigenvalue weighted by molar-refractivity contribution is -0.144. The van der Waals surface area contributed by atoms with Crippen LogP contribution >= 0.6 is 0 Å². The van der Waals surface area contributed by atoms with Crippen molar-refractivity contribution in [3.05, 3.63) is 35.1 Å². The van der Waals surface area contributed by atoms with Crippen molar-refractivity contribution in [3.63, 3.8) is 0 Å². The normalized spacial score (nSPS) is 14.4. The number of carboxylic acid groups (broad SMARTS) is 1. The van der Waals surface area contributed by atoms with Crippen LogP contribution in [0.3, 0.4) is 0 Å². The second-order valence-corrected chi connectivity index (χ2v) is 4.42. The summed E-state index contributed by atoms with van der Waals surface area (Å²) < 4.78 is 12.9. The molecule has 1 aromatic rings. The molecule has 0 saturated heterocycles. The molecule has 1 aromatic carbocycles. The van der Waals surface area contributed by atoms with Crippen molar-refractivity contribution in [2.24, 2.45) is 0 Å². The van der Waals surface area contributed by atoms with Gasteiger partial charge in [-0.1, -0.05) is 13.0 Å². The second kappa shape index (κ2) is 5.27. The largest absolute Gasteiger partial charge is 0.480 e. The fourth-order valence-electron chi connectivity index (χ4n) is 1.50. The lowest BCUT2D eigenvalue weighted by Crippen LogP contribution is -2.48. The summed E-state index contributed by atoms with van der Waals surface area (Å²) in [6.07, 6.45) is 0.489. The molecule has 1 atom stereocenters. The highest BCUT2D eigenvalue weighted by molar-refractivity contribution is 5.78. The fourth-order valence-corrected chi connectivity index (χ4v) is 1.50. The molecular weight excluding hydrogens is 221 g/mol. The SMILES string of the molecule is CCC(C)(NCc1ccc(F)cc1C)C(=O)O. The number of benzene rings is 1. The van der Waals surface area contributed by atoms with E-state index in [4.69, 9.17) is 5.11 Å². The zero-order valence-corrected chi connectivity index (χ0v) is 10.4. The molecule has 0 aliphatic rings. The molecule has 0 aliphatic carbocycles. The highest BCUT2D eigenvalue weighted by atomic mass is 19.1. The first-order chi connectivity index (χ1) is 7.89. The van der Waals surface area contributed by atoms with Crippen molar-refractivity contribution < 1.29 is 14.3 Å². The van der Waals surface area contributed by atoms with Gasteiger partial charge in [0, 0.05) is 6.54 Å². The predicted molar refractivity (Wildman–Crippen MR) is 64.3 cm³/mol. The number of carboxylic acids is 1. The molecule has 0 aromatic heterocycles. The third kappa shape index (κ3) is 3.27. The minimum Gasteiger partial charge on any atom is -0.480 e. The standard InChI is InChI=1S/C13H18FNO2/c1-4-13(3,12(16)17)15-8-10-5-6-11(14)7-9(10)2/h5-7,15H,4,8H2,1-3H3,(H,16,17). The monoisotopic (exact) mass is 239 g/mol. The predicted octanol–water partition coefficient (Wildman–Crippen LogP) is 2.48. The van der Waals surface area contributed by atoms with Crippen LogP contribution in [0.25, 0.3) is 0 Å². The van der Waals surface area contributed by atoms with E-state index < -0.39 is 11.5 Å². The van der Waals surface area contributed by atoms with Gasteiger partial charge in [-0.2, -0.15) is 0 Å². The minimum absolute atomic E-state index is 0.275. The summed E-state index contributed by atoms with van der Waals surface area (Å²) in [6.45, 7) is 5.69. The first kappa shape index (κ1) is 13.6. The third-order valence-corrected chi connectivity index (χ3v) is 3.15. The van der Waals surface area contributed by atoms with E-state index >= 15 is 0 Å². The maximum absolute atomic E-state index is 12.9. The highest BCUT2D eigenvalue weighted by Crippen LogP contribution is 2.14. The van der Waals surface area contributed by atoms with E-state index in [2.05, 4.69) is 5.32 Å². The van der Waals surface area contributed by atoms with Crippen molar-refractivity contribution in [2.75, 3.05) is 0 Å². The Balaban J connectivity index is 2.76. The van der Waals surface area contributed by atoms with E-state index in [1.54, 1.807) is 13.0 Å². The fraction of sp³-hybridized carbons (Fsp3) is 0.462. The van der Waals surface area contributed by atoms with Crippen LogP contribution in [0, 0.1) is 12.7 Å². The van der Waals surface area contributed by atoms with Crippen molar-refractivity contribution in [3.8, 4) is 0 Å². The summed E-state index contributed by atoms with van der Waals surface area (Å²) in [7, 11) is 0. The number of hydrogen-bond acceptors (Lipinski definition) is 2. The molecule has 4 heteroatoms. The Morgan fingerprint density at radius 1 is 1.53 bits per heavy atom. The van der Waals surface area contributed by atoms with E-state index in [1.807, 2.05) is 13.8 Å². The summed E-state index contributed by atoms with van der Waals surface area (Å²) in [5, 5.41) is 12.1. The molecule has 0 amide bonds. The maximum Gasteiger partial charge on any atom is 0.323 e. The number of nitrogens with one attached hydrogen (secondary N) is 1. The molecule has 0 saturated carbocycles. The van der Waals surface area contributed by atoms with Crippen molar-refractivity contribution in [2.45, 2.75) is 39.3 Å². The Labute approximate surface area is 101 Å². The van der Waals surface area contributed by atoms with Gasteiger partial charge in [0.05, 0.1) is 0 Å². The number of aliphatic carboxylic acids is 1. The molecular formula is C13H18FNO2. The Bertz CT molecular complexity index is 420. The highest BCUT2D eigenvalue weighted by Gasteiger charge is 2.30. The van der Waals surface area contributed by atoms with Crippen molar-refractivity contribution in [1.82, 2.24) is 5.32 Å². The molecule has 1 rings (SSSR count). The molecule has 1 unspecified atom stereocenters. The summed E-state index contributed by atoms with van der Waals surface area (Å²) >= 11 is 0. The third-order valence-electron chi connectivity index (χ3n) is 3.15. The topological polar surface area (TPSA) is 49.3 Å². The Morgan fingerprint density at radius 2 is 2.18 bits per heavy atom. The number of carbonyl (C=O) groups is 1. The van der Waals surface area contributed by atoms with E-state index in [9.17, 15) is 9.18 Å². The Kier molecular flexibility index (Phi) is 4.23. The van der Waals surface area contributed by atoms with Gasteiger partial charge in [-0.3, -0.25) is 10.1 Å². The molecule has 3 nitrogen and oxygen atoms in total. The quantitative estimate of drug-likeness (QED) is 0.830. The first-order valence-electron chi connectivity index (χ1n) is 5.62. The minimum atomic E-state index is -0.944. The maximum atomic E-state index is 12.9. The van der Waals surface area contributed by atoms with Gasteiger partial charge in [0.25, 0.3) is 0 Å². The molecule has 0 radical (unpaired) electrons. The molecule has 0 heterocycles. The Hall–Kier alpha value is -1.42. The molecule has 0 bridgehead atoms. The van der Waals surface area contributed by atoms with Crippen molar-refractivity contribution >= 4 is 5.97 Å². The van der Waals surface area contributed by atoms with Gasteiger partial charge >= 0.3 is 5.97 Å². The first-order valence-corrected chi connectivity index (χ1v) is 5.62. The van der Waals surface area contributed by atoms with Gasteiger partial charge in [0.15, 0.2) is 0 Å². The lowest BCUT2D eigenvalue weighted by Gasteiger charge is -2.25. The second-order valence-electron chi connectivity index (χ2n) is 4.42. The zero-order valence-electron chi connectivity index (χ0n) is 10.4. The van der Waals surface area contributed by atoms with Crippen LogP contribution in [0.2, 0.25) is 0 Å². The summed E-state index contributed by atoms with van der Waals surface area (Å²) in [4.78, 5) is 11.1. The van der Waals surface area contributed by atoms with Crippen LogP contribution in [-0.2, 0) is 11.3 Å². The van der Waals surface area contributed by atoms with Gasteiger partial charge in [-0.15, -0.1) is 0 Å². The molecule has 94 valence electrons. The average Bonchev–Trinajstić information content (AvgIpc) is 2.27. The number of rotatable bonds is 5. The van der Waals surface area contributed by atoms with E-state index in [-0.39, 0.29) is 5.82 Å². The van der Waals surface area contributed by atoms with Crippen molar-refractivity contribution in [1.29, 1.82) is 0 Å². The number of halogens is 1. The van der Waals surface area contributed by atoms with Crippen LogP contribution in [0.4, 0.5) is 4.39 Å².